The minimum Gasteiger partial charge on any atom is -0.493 e. The van der Waals surface area contributed by atoms with Crippen molar-refractivity contribution in [2.24, 2.45) is 0 Å². The molecule has 1 aliphatic heterocycles. The third kappa shape index (κ3) is 5.80. The average Bonchev–Trinajstić information content (AvgIpc) is 2.88. The Bertz CT molecular complexity index is 1260. The summed E-state index contributed by atoms with van der Waals surface area (Å²) >= 11 is 0. The molecule has 1 atom stereocenters. The van der Waals surface area contributed by atoms with Gasteiger partial charge in [0.25, 0.3) is 5.91 Å². The van der Waals surface area contributed by atoms with E-state index in [0.717, 1.165) is 24.8 Å². The molecule has 1 unspecified atom stereocenters. The monoisotopic (exact) mass is 495 g/mol. The second-order valence-corrected chi connectivity index (χ2v) is 10.3. The predicted molar refractivity (Wildman–Crippen MR) is 133 cm³/mol. The van der Waals surface area contributed by atoms with Gasteiger partial charge in [0, 0.05) is 47.9 Å². The molecule has 1 aliphatic rings. The fourth-order valence-corrected chi connectivity index (χ4v) is 5.76. The zero-order valence-electron chi connectivity index (χ0n) is 19.8. The minimum atomic E-state index is -3.59. The van der Waals surface area contributed by atoms with E-state index in [-0.39, 0.29) is 16.8 Å². The second kappa shape index (κ2) is 10.9. The minimum absolute atomic E-state index is 0.0265. The third-order valence-corrected chi connectivity index (χ3v) is 8.03. The maximum atomic E-state index is 13.0. The van der Waals surface area contributed by atoms with Crippen LogP contribution in [0.4, 0.5) is 5.69 Å². The first kappa shape index (κ1) is 24.7. The van der Waals surface area contributed by atoms with Gasteiger partial charge in [0.1, 0.15) is 6.61 Å². The molecule has 0 aliphatic carbocycles. The van der Waals surface area contributed by atoms with Crippen molar-refractivity contribution in [3.8, 4) is 11.5 Å². The number of carbonyl (C=O) groups excluding carboxylic acids is 1. The first-order valence-corrected chi connectivity index (χ1v) is 13.0. The van der Waals surface area contributed by atoms with Crippen molar-refractivity contribution >= 4 is 21.6 Å². The lowest BCUT2D eigenvalue weighted by Gasteiger charge is -2.32. The van der Waals surface area contributed by atoms with Gasteiger partial charge >= 0.3 is 0 Å². The standard InChI is InChI=1S/C26H29N3O5S/c1-19-6-3-4-15-29(19)35(31,32)23-11-8-21(9-12-23)26(30)28-22-10-13-24(33-2)25(16-22)34-18-20-7-5-14-27-17-20/h5,7-14,16-17,19H,3-4,6,15,18H2,1-2H3,(H,28,30). The highest BCUT2D eigenvalue weighted by Crippen LogP contribution is 2.31. The van der Waals surface area contributed by atoms with Crippen LogP contribution in [0.1, 0.15) is 42.1 Å². The van der Waals surface area contributed by atoms with Gasteiger partial charge in [-0.25, -0.2) is 8.42 Å². The van der Waals surface area contributed by atoms with Gasteiger partial charge in [-0.15, -0.1) is 0 Å². The number of sulfonamides is 1. The molecule has 8 nitrogen and oxygen atoms in total. The summed E-state index contributed by atoms with van der Waals surface area (Å²) in [6.07, 6.45) is 6.16. The molecule has 2 aromatic carbocycles. The number of hydrogen-bond acceptors (Lipinski definition) is 6. The predicted octanol–water partition coefficient (Wildman–Crippen LogP) is 4.48. The van der Waals surface area contributed by atoms with Gasteiger partial charge in [0.2, 0.25) is 10.0 Å². The van der Waals surface area contributed by atoms with E-state index in [9.17, 15) is 13.2 Å². The molecule has 0 bridgehead atoms. The molecule has 0 spiro atoms. The third-order valence-electron chi connectivity index (χ3n) is 6.00. The molecule has 0 saturated carbocycles. The molecule has 1 N–H and O–H groups in total. The van der Waals surface area contributed by atoms with Gasteiger partial charge in [-0.2, -0.15) is 4.31 Å². The Kier molecular flexibility index (Phi) is 7.67. The van der Waals surface area contributed by atoms with Crippen LogP contribution < -0.4 is 14.8 Å². The molecule has 184 valence electrons. The summed E-state index contributed by atoms with van der Waals surface area (Å²) in [5, 5.41) is 2.83. The Morgan fingerprint density at radius 3 is 2.60 bits per heavy atom. The molecular formula is C26H29N3O5S. The molecule has 1 saturated heterocycles. The molecule has 1 fully saturated rings. The summed E-state index contributed by atoms with van der Waals surface area (Å²) in [5.41, 5.74) is 1.78. The number of amides is 1. The highest BCUT2D eigenvalue weighted by molar-refractivity contribution is 7.89. The summed E-state index contributed by atoms with van der Waals surface area (Å²) in [7, 11) is -2.04. The van der Waals surface area contributed by atoms with Gasteiger partial charge in [-0.05, 0) is 62.2 Å². The largest absolute Gasteiger partial charge is 0.493 e. The summed E-state index contributed by atoms with van der Waals surface area (Å²) in [6, 6.07) is 14.8. The molecule has 35 heavy (non-hydrogen) atoms. The van der Waals surface area contributed by atoms with Crippen molar-refractivity contribution in [3.63, 3.8) is 0 Å². The van der Waals surface area contributed by atoms with E-state index >= 15 is 0 Å². The first-order chi connectivity index (χ1) is 16.9. The van der Waals surface area contributed by atoms with Crippen LogP contribution in [0.5, 0.6) is 11.5 Å². The van der Waals surface area contributed by atoms with E-state index in [1.165, 1.54) is 24.3 Å². The van der Waals surface area contributed by atoms with Crippen molar-refractivity contribution in [1.82, 2.24) is 9.29 Å². The van der Waals surface area contributed by atoms with Gasteiger partial charge in [-0.3, -0.25) is 9.78 Å². The Morgan fingerprint density at radius 2 is 1.91 bits per heavy atom. The molecule has 1 amide bonds. The van der Waals surface area contributed by atoms with E-state index in [2.05, 4.69) is 10.3 Å². The summed E-state index contributed by atoms with van der Waals surface area (Å²) < 4.78 is 38.8. The van der Waals surface area contributed by atoms with Crippen LogP contribution in [0.25, 0.3) is 0 Å². The smallest absolute Gasteiger partial charge is 0.255 e. The second-order valence-electron chi connectivity index (χ2n) is 8.45. The summed E-state index contributed by atoms with van der Waals surface area (Å²) in [6.45, 7) is 2.75. The molecule has 4 rings (SSSR count). The highest BCUT2D eigenvalue weighted by Gasteiger charge is 2.30. The van der Waals surface area contributed by atoms with Crippen LogP contribution in [0.15, 0.2) is 71.9 Å². The van der Waals surface area contributed by atoms with Gasteiger partial charge in [-0.1, -0.05) is 12.5 Å². The number of anilines is 1. The lowest BCUT2D eigenvalue weighted by atomic mass is 10.1. The Morgan fingerprint density at radius 1 is 1.11 bits per heavy atom. The molecule has 0 radical (unpaired) electrons. The fraction of sp³-hybridized carbons (Fsp3) is 0.308. The lowest BCUT2D eigenvalue weighted by molar-refractivity contribution is 0.102. The molecule has 3 aromatic rings. The number of rotatable bonds is 8. The first-order valence-electron chi connectivity index (χ1n) is 11.5. The number of carbonyl (C=O) groups is 1. The summed E-state index contributed by atoms with van der Waals surface area (Å²) in [5.74, 6) is 0.656. The van der Waals surface area contributed by atoms with Crippen LogP contribution in [0.2, 0.25) is 0 Å². The van der Waals surface area contributed by atoms with Gasteiger partial charge in [0.15, 0.2) is 11.5 Å². The average molecular weight is 496 g/mol. The van der Waals surface area contributed by atoms with Crippen LogP contribution >= 0.6 is 0 Å². The van der Waals surface area contributed by atoms with Crippen LogP contribution in [-0.2, 0) is 16.6 Å². The maximum absolute atomic E-state index is 13.0. The van der Waals surface area contributed by atoms with Crippen LogP contribution in [-0.4, -0.2) is 43.3 Å². The van der Waals surface area contributed by atoms with Crippen LogP contribution in [0.3, 0.4) is 0 Å². The number of benzene rings is 2. The fourth-order valence-electron chi connectivity index (χ4n) is 4.06. The molecule has 1 aromatic heterocycles. The van der Waals surface area contributed by atoms with Crippen molar-refractivity contribution in [2.45, 2.75) is 43.7 Å². The normalized spacial score (nSPS) is 16.5. The SMILES string of the molecule is COc1ccc(NC(=O)c2ccc(S(=O)(=O)N3CCCCC3C)cc2)cc1OCc1cccnc1. The van der Waals surface area contributed by atoms with Crippen molar-refractivity contribution in [3.05, 3.63) is 78.1 Å². The number of nitrogens with one attached hydrogen (secondary N) is 1. The molecule has 9 heteroatoms. The molecule has 2 heterocycles. The van der Waals surface area contributed by atoms with E-state index in [1.54, 1.807) is 42.0 Å². The lowest BCUT2D eigenvalue weighted by Crippen LogP contribution is -2.41. The number of ether oxygens (including phenoxy) is 2. The number of pyridine rings is 1. The van der Waals surface area contributed by atoms with E-state index in [1.807, 2.05) is 19.1 Å². The van der Waals surface area contributed by atoms with Crippen molar-refractivity contribution in [2.75, 3.05) is 19.0 Å². The van der Waals surface area contributed by atoms with E-state index < -0.39 is 10.0 Å². The van der Waals surface area contributed by atoms with Crippen molar-refractivity contribution < 1.29 is 22.7 Å². The van der Waals surface area contributed by atoms with Crippen molar-refractivity contribution in [1.29, 1.82) is 0 Å². The quantitative estimate of drug-likeness (QED) is 0.495. The zero-order valence-corrected chi connectivity index (χ0v) is 20.6. The number of aromatic nitrogens is 1. The summed E-state index contributed by atoms with van der Waals surface area (Å²) in [4.78, 5) is 17.1. The Balaban J connectivity index is 1.45. The Hall–Kier alpha value is -3.43. The molecular weight excluding hydrogens is 466 g/mol. The number of methoxy groups -OCH3 is 1. The van der Waals surface area contributed by atoms with Crippen LogP contribution in [0, 0.1) is 0 Å². The number of piperidine rings is 1. The Labute approximate surface area is 206 Å². The highest BCUT2D eigenvalue weighted by atomic mass is 32.2. The topological polar surface area (TPSA) is 97.8 Å². The number of hydrogen-bond donors (Lipinski definition) is 1. The number of nitrogens with zero attached hydrogens (tertiary/aromatic N) is 2. The van der Waals surface area contributed by atoms with E-state index in [0.29, 0.717) is 35.9 Å². The van der Waals surface area contributed by atoms with Gasteiger partial charge in [0.05, 0.1) is 12.0 Å². The maximum Gasteiger partial charge on any atom is 0.255 e. The van der Waals surface area contributed by atoms with E-state index in [4.69, 9.17) is 9.47 Å². The van der Waals surface area contributed by atoms with Gasteiger partial charge < -0.3 is 14.8 Å². The zero-order chi connectivity index (χ0) is 24.8.